The van der Waals surface area contributed by atoms with Crippen LogP contribution >= 0.6 is 22.7 Å². The molecule has 0 aliphatic rings. The van der Waals surface area contributed by atoms with Crippen LogP contribution in [0, 0.1) is 0 Å². The lowest BCUT2D eigenvalue weighted by atomic mass is 10.2. The molecule has 146 valence electrons. The van der Waals surface area contributed by atoms with Gasteiger partial charge in [0.05, 0.1) is 33.5 Å². The zero-order valence-corrected chi connectivity index (χ0v) is 17.0. The summed E-state index contributed by atoms with van der Waals surface area (Å²) in [6.45, 7) is 0. The summed E-state index contributed by atoms with van der Waals surface area (Å²) in [6.07, 6.45) is 7.94. The first-order valence-electron chi connectivity index (χ1n) is 8.76. The highest BCUT2D eigenvalue weighted by Crippen LogP contribution is 2.34. The predicted octanol–water partition coefficient (Wildman–Crippen LogP) is 5.52. The SMILES string of the molecule is O=C=Nc1ccc(-c2cnc(-c3ccc(OC(=O)/C=C/c4ccccc4)s3)cn2)s1. The Morgan fingerprint density at radius 3 is 2.33 bits per heavy atom. The Morgan fingerprint density at radius 2 is 1.63 bits per heavy atom. The zero-order chi connectivity index (χ0) is 20.8. The predicted molar refractivity (Wildman–Crippen MR) is 118 cm³/mol. The largest absolute Gasteiger partial charge is 0.412 e. The number of carbonyl (C=O) groups is 1. The molecule has 4 rings (SSSR count). The molecule has 0 radical (unpaired) electrons. The molecule has 0 N–H and O–H groups in total. The van der Waals surface area contributed by atoms with Crippen molar-refractivity contribution in [3.8, 4) is 26.2 Å². The van der Waals surface area contributed by atoms with E-state index in [1.165, 1.54) is 34.8 Å². The Morgan fingerprint density at radius 1 is 0.933 bits per heavy atom. The smallest absolute Gasteiger partial charge is 0.336 e. The minimum atomic E-state index is -0.444. The minimum Gasteiger partial charge on any atom is -0.412 e. The Kier molecular flexibility index (Phi) is 6.01. The van der Waals surface area contributed by atoms with E-state index >= 15 is 0 Å². The van der Waals surface area contributed by atoms with Crippen LogP contribution in [-0.2, 0) is 9.59 Å². The maximum Gasteiger partial charge on any atom is 0.336 e. The van der Waals surface area contributed by atoms with Gasteiger partial charge in [-0.05, 0) is 35.9 Å². The lowest BCUT2D eigenvalue weighted by Crippen LogP contribution is -2.01. The lowest BCUT2D eigenvalue weighted by molar-refractivity contribution is -0.128. The topological polar surface area (TPSA) is 81.5 Å². The molecule has 4 aromatic rings. The van der Waals surface area contributed by atoms with E-state index in [0.29, 0.717) is 21.5 Å². The fourth-order valence-corrected chi connectivity index (χ4v) is 4.14. The van der Waals surface area contributed by atoms with E-state index in [2.05, 4.69) is 15.0 Å². The van der Waals surface area contributed by atoms with Gasteiger partial charge in [-0.1, -0.05) is 41.7 Å². The number of benzene rings is 1. The number of nitrogens with zero attached hydrogens (tertiary/aromatic N) is 3. The van der Waals surface area contributed by atoms with E-state index in [0.717, 1.165) is 15.3 Å². The monoisotopic (exact) mass is 431 g/mol. The number of hydrogen-bond donors (Lipinski definition) is 0. The van der Waals surface area contributed by atoms with Gasteiger partial charge >= 0.3 is 5.97 Å². The molecular formula is C22H13N3O3S2. The van der Waals surface area contributed by atoms with Crippen molar-refractivity contribution in [2.75, 3.05) is 0 Å². The molecule has 0 saturated heterocycles. The van der Waals surface area contributed by atoms with Crippen LogP contribution in [0.3, 0.4) is 0 Å². The Balaban J connectivity index is 1.42. The van der Waals surface area contributed by atoms with Crippen LogP contribution < -0.4 is 4.74 Å². The van der Waals surface area contributed by atoms with Crippen molar-refractivity contribution in [2.45, 2.75) is 0 Å². The van der Waals surface area contributed by atoms with Crippen LogP contribution in [0.25, 0.3) is 27.2 Å². The quantitative estimate of drug-likeness (QED) is 0.174. The first-order valence-corrected chi connectivity index (χ1v) is 10.4. The lowest BCUT2D eigenvalue weighted by Gasteiger charge is -1.99. The van der Waals surface area contributed by atoms with E-state index in [1.54, 1.807) is 30.6 Å². The minimum absolute atomic E-state index is 0.444. The highest BCUT2D eigenvalue weighted by Gasteiger charge is 2.10. The van der Waals surface area contributed by atoms with E-state index < -0.39 is 5.97 Å². The van der Waals surface area contributed by atoms with Gasteiger partial charge < -0.3 is 4.74 Å². The van der Waals surface area contributed by atoms with Crippen molar-refractivity contribution in [3.63, 3.8) is 0 Å². The number of rotatable bonds is 6. The van der Waals surface area contributed by atoms with Crippen LogP contribution in [0.2, 0.25) is 0 Å². The van der Waals surface area contributed by atoms with Gasteiger partial charge in [0.15, 0.2) is 5.06 Å². The summed E-state index contributed by atoms with van der Waals surface area (Å²) in [5.74, 6) is -0.444. The van der Waals surface area contributed by atoms with Gasteiger partial charge in [-0.3, -0.25) is 9.97 Å². The molecular weight excluding hydrogens is 418 g/mol. The molecule has 0 atom stereocenters. The summed E-state index contributed by atoms with van der Waals surface area (Å²) in [4.78, 5) is 36.5. The number of thiophene rings is 2. The second kappa shape index (κ2) is 9.19. The average Bonchev–Trinajstić information content (AvgIpc) is 3.43. The van der Waals surface area contributed by atoms with E-state index in [4.69, 9.17) is 4.74 Å². The van der Waals surface area contributed by atoms with Gasteiger partial charge in [0.25, 0.3) is 0 Å². The third-order valence-electron chi connectivity index (χ3n) is 3.90. The number of isocyanates is 1. The van der Waals surface area contributed by atoms with Crippen LogP contribution in [0.15, 0.2) is 78.1 Å². The number of aliphatic imine (C=N–C) groups is 1. The number of aromatic nitrogens is 2. The molecule has 0 fully saturated rings. The van der Waals surface area contributed by atoms with Gasteiger partial charge in [-0.25, -0.2) is 9.59 Å². The summed E-state index contributed by atoms with van der Waals surface area (Å²) >= 11 is 2.65. The molecule has 0 bridgehead atoms. The normalized spacial score (nSPS) is 10.7. The van der Waals surface area contributed by atoms with Gasteiger partial charge in [0, 0.05) is 6.08 Å². The second-order valence-electron chi connectivity index (χ2n) is 5.91. The number of hydrogen-bond acceptors (Lipinski definition) is 8. The number of ether oxygens (including phenoxy) is 1. The van der Waals surface area contributed by atoms with Gasteiger partial charge in [0.1, 0.15) is 5.00 Å². The zero-order valence-electron chi connectivity index (χ0n) is 15.4. The van der Waals surface area contributed by atoms with Crippen molar-refractivity contribution < 1.29 is 14.3 Å². The molecule has 0 aliphatic carbocycles. The molecule has 0 spiro atoms. The van der Waals surface area contributed by atoms with Crippen LogP contribution in [0.1, 0.15) is 5.56 Å². The highest BCUT2D eigenvalue weighted by atomic mass is 32.1. The van der Waals surface area contributed by atoms with E-state index in [9.17, 15) is 9.59 Å². The fourth-order valence-electron chi connectivity index (χ4n) is 2.53. The molecule has 6 nitrogen and oxygen atoms in total. The molecule has 0 saturated carbocycles. The summed E-state index contributed by atoms with van der Waals surface area (Å²) in [5.41, 5.74) is 2.28. The maximum atomic E-state index is 12.0. The molecule has 8 heteroatoms. The second-order valence-corrected chi connectivity index (χ2v) is 8.02. The summed E-state index contributed by atoms with van der Waals surface area (Å²) < 4.78 is 5.36. The molecule has 0 aliphatic heterocycles. The molecule has 0 unspecified atom stereocenters. The Labute approximate surface area is 179 Å². The molecule has 30 heavy (non-hydrogen) atoms. The van der Waals surface area contributed by atoms with Crippen LogP contribution in [-0.4, -0.2) is 22.0 Å². The van der Waals surface area contributed by atoms with E-state index in [-0.39, 0.29) is 0 Å². The van der Waals surface area contributed by atoms with Gasteiger partial charge in [0.2, 0.25) is 6.08 Å². The molecule has 0 amide bonds. The number of esters is 1. The van der Waals surface area contributed by atoms with Crippen molar-refractivity contribution in [3.05, 3.63) is 78.6 Å². The number of carbonyl (C=O) groups excluding carboxylic acids is 2. The summed E-state index contributed by atoms with van der Waals surface area (Å²) in [6, 6.07) is 16.6. The van der Waals surface area contributed by atoms with Crippen LogP contribution in [0.5, 0.6) is 5.06 Å². The standard InChI is InChI=1S/C22H13N3O3S2/c26-14-25-20-9-7-18(29-20)16-12-24-17(13-23-16)19-8-11-22(30-19)28-21(27)10-6-15-4-2-1-3-5-15/h1-13H/b10-6+. The van der Waals surface area contributed by atoms with Crippen LogP contribution in [0.4, 0.5) is 5.00 Å². The first-order chi connectivity index (χ1) is 14.7. The fraction of sp³-hybridized carbons (Fsp3) is 0. The molecule has 3 heterocycles. The first kappa shape index (κ1) is 19.6. The summed E-state index contributed by atoms with van der Waals surface area (Å²) in [5, 5.41) is 1.05. The van der Waals surface area contributed by atoms with Crippen molar-refractivity contribution >= 4 is 45.8 Å². The maximum absolute atomic E-state index is 12.0. The van der Waals surface area contributed by atoms with Gasteiger partial charge in [-0.15, -0.1) is 11.3 Å². The third kappa shape index (κ3) is 4.82. The van der Waals surface area contributed by atoms with Gasteiger partial charge in [-0.2, -0.15) is 4.99 Å². The summed E-state index contributed by atoms with van der Waals surface area (Å²) in [7, 11) is 0. The Bertz CT molecular complexity index is 1240. The molecule has 3 aromatic heterocycles. The van der Waals surface area contributed by atoms with E-state index in [1.807, 2.05) is 42.5 Å². The van der Waals surface area contributed by atoms with Crippen molar-refractivity contribution in [1.82, 2.24) is 9.97 Å². The Hall–Kier alpha value is -3.71. The third-order valence-corrected chi connectivity index (χ3v) is 5.89. The highest BCUT2D eigenvalue weighted by molar-refractivity contribution is 7.19. The van der Waals surface area contributed by atoms with Crippen molar-refractivity contribution in [2.24, 2.45) is 4.99 Å². The van der Waals surface area contributed by atoms with Crippen molar-refractivity contribution in [1.29, 1.82) is 0 Å². The average molecular weight is 431 g/mol. The molecule has 1 aromatic carbocycles.